The highest BCUT2D eigenvalue weighted by Gasteiger charge is 2.34. The van der Waals surface area contributed by atoms with E-state index in [1.165, 1.54) is 4.90 Å². The zero-order valence-electron chi connectivity index (χ0n) is 21.5. The minimum atomic E-state index is -0.632. The zero-order chi connectivity index (χ0) is 26.2. The maximum Gasteiger partial charge on any atom is 0.243 e. The molecule has 1 aliphatic heterocycles. The fourth-order valence-electron chi connectivity index (χ4n) is 3.43. The van der Waals surface area contributed by atoms with E-state index in [9.17, 15) is 19.5 Å². The van der Waals surface area contributed by atoms with Crippen LogP contribution in [0.2, 0.25) is 0 Å². The Kier molecular flexibility index (Phi) is 10.4. The third-order valence-electron chi connectivity index (χ3n) is 6.18. The predicted octanol–water partition coefficient (Wildman–Crippen LogP) is 3.27. The molecule has 0 bridgehead atoms. The van der Waals surface area contributed by atoms with Gasteiger partial charge in [0.1, 0.15) is 6.04 Å². The first-order chi connectivity index (χ1) is 16.5. The van der Waals surface area contributed by atoms with Crippen LogP contribution in [-0.2, 0) is 20.9 Å². The Labute approximate surface area is 212 Å². The minimum Gasteiger partial charge on any atom is -0.391 e. The van der Waals surface area contributed by atoms with E-state index < -0.39 is 12.1 Å². The number of thiazole rings is 1. The molecule has 8 nitrogen and oxygen atoms in total. The number of β-amino-alcohol motifs (C(OH)–C–C–N with tert-alkyl or cyclic N) is 1. The van der Waals surface area contributed by atoms with Crippen LogP contribution in [-0.4, -0.2) is 57.9 Å². The molecular formula is C26H38N4O4S. The Morgan fingerprint density at radius 3 is 2.46 bits per heavy atom. The normalized spacial score (nSPS) is 18.3. The molecule has 1 aromatic carbocycles. The van der Waals surface area contributed by atoms with E-state index in [1.54, 1.807) is 11.3 Å². The standard InChI is InChI=1S/C17H19N3O3S.C9H19NO/c1-11-16(24-9-19-11)13-4-2-12(3-5-13)7-18-17(23)15-6-14(22)8-20(15)10-21;1-6-8(11)10-7(2)9(3,4)5/h2-5,9-10,14-15,22H,6-8H2,1H3,(H,18,23);7H,6H2,1-5H3,(H,10,11). The van der Waals surface area contributed by atoms with Gasteiger partial charge in [0.2, 0.25) is 18.2 Å². The molecule has 192 valence electrons. The summed E-state index contributed by atoms with van der Waals surface area (Å²) in [5, 5.41) is 15.4. The van der Waals surface area contributed by atoms with Crippen LogP contribution in [0, 0.1) is 12.3 Å². The Morgan fingerprint density at radius 2 is 1.94 bits per heavy atom. The van der Waals surface area contributed by atoms with E-state index in [2.05, 4.69) is 36.4 Å². The number of carbonyl (C=O) groups excluding carboxylic acids is 3. The molecule has 9 heteroatoms. The smallest absolute Gasteiger partial charge is 0.243 e. The molecule has 0 spiro atoms. The molecule has 2 aromatic rings. The molecule has 3 unspecified atom stereocenters. The highest BCUT2D eigenvalue weighted by molar-refractivity contribution is 7.13. The number of hydrogen-bond donors (Lipinski definition) is 3. The monoisotopic (exact) mass is 502 g/mol. The SMILES string of the molecule is CCC(=O)NC(C)C(C)(C)C.Cc1ncsc1-c1ccc(CNC(=O)C2CC(O)CN2C=O)cc1. The van der Waals surface area contributed by atoms with Gasteiger partial charge in [-0.25, -0.2) is 4.98 Å². The first-order valence-corrected chi connectivity index (χ1v) is 12.8. The number of nitrogens with zero attached hydrogens (tertiary/aromatic N) is 2. The van der Waals surface area contributed by atoms with Crippen LogP contribution in [0.5, 0.6) is 0 Å². The van der Waals surface area contributed by atoms with Crippen molar-refractivity contribution in [3.8, 4) is 10.4 Å². The van der Waals surface area contributed by atoms with Crippen LogP contribution >= 0.6 is 11.3 Å². The number of carbonyl (C=O) groups is 3. The lowest BCUT2D eigenvalue weighted by Crippen LogP contribution is -2.42. The van der Waals surface area contributed by atoms with Crippen molar-refractivity contribution in [2.45, 2.75) is 79.1 Å². The van der Waals surface area contributed by atoms with Crippen molar-refractivity contribution in [2.24, 2.45) is 5.41 Å². The molecule has 0 saturated carbocycles. The number of amides is 3. The molecule has 2 heterocycles. The lowest BCUT2D eigenvalue weighted by atomic mass is 9.88. The summed E-state index contributed by atoms with van der Waals surface area (Å²) in [4.78, 5) is 40.8. The molecule has 0 radical (unpaired) electrons. The van der Waals surface area contributed by atoms with Gasteiger partial charge in [0, 0.05) is 32.0 Å². The van der Waals surface area contributed by atoms with Crippen molar-refractivity contribution in [1.82, 2.24) is 20.5 Å². The topological polar surface area (TPSA) is 112 Å². The Hall–Kier alpha value is -2.78. The molecule has 3 amide bonds. The quantitative estimate of drug-likeness (QED) is 0.503. The van der Waals surface area contributed by atoms with Gasteiger partial charge in [-0.05, 0) is 30.4 Å². The fraction of sp³-hybridized carbons (Fsp3) is 0.538. The van der Waals surface area contributed by atoms with Crippen molar-refractivity contribution in [2.75, 3.05) is 6.54 Å². The van der Waals surface area contributed by atoms with E-state index in [4.69, 9.17) is 0 Å². The Bertz CT molecular complexity index is 984. The van der Waals surface area contributed by atoms with Gasteiger partial charge in [0.25, 0.3) is 0 Å². The largest absolute Gasteiger partial charge is 0.391 e. The van der Waals surface area contributed by atoms with Gasteiger partial charge in [-0.1, -0.05) is 52.0 Å². The number of aliphatic hydroxyl groups is 1. The number of aliphatic hydroxyl groups excluding tert-OH is 1. The number of aryl methyl sites for hydroxylation is 1. The van der Waals surface area contributed by atoms with Crippen molar-refractivity contribution in [3.05, 3.63) is 41.0 Å². The van der Waals surface area contributed by atoms with Gasteiger partial charge in [-0.2, -0.15) is 0 Å². The van der Waals surface area contributed by atoms with E-state index in [0.717, 1.165) is 21.7 Å². The fourth-order valence-corrected chi connectivity index (χ4v) is 4.24. The van der Waals surface area contributed by atoms with Crippen molar-refractivity contribution in [3.63, 3.8) is 0 Å². The molecule has 1 saturated heterocycles. The molecule has 3 rings (SSSR count). The summed E-state index contributed by atoms with van der Waals surface area (Å²) in [5.41, 5.74) is 5.08. The number of benzene rings is 1. The molecule has 1 fully saturated rings. The maximum absolute atomic E-state index is 12.2. The first kappa shape index (κ1) is 28.5. The van der Waals surface area contributed by atoms with Gasteiger partial charge < -0.3 is 20.6 Å². The van der Waals surface area contributed by atoms with Gasteiger partial charge >= 0.3 is 0 Å². The second kappa shape index (κ2) is 12.8. The lowest BCUT2D eigenvalue weighted by Gasteiger charge is -2.27. The third kappa shape index (κ3) is 8.43. The molecule has 0 aliphatic carbocycles. The number of rotatable bonds is 7. The molecular weight excluding hydrogens is 464 g/mol. The van der Waals surface area contributed by atoms with Crippen molar-refractivity contribution in [1.29, 1.82) is 0 Å². The van der Waals surface area contributed by atoms with Crippen LogP contribution in [0.15, 0.2) is 29.8 Å². The number of aromatic nitrogens is 1. The van der Waals surface area contributed by atoms with Crippen LogP contribution in [0.3, 0.4) is 0 Å². The lowest BCUT2D eigenvalue weighted by molar-refractivity contribution is -0.131. The summed E-state index contributed by atoms with van der Waals surface area (Å²) < 4.78 is 0. The first-order valence-electron chi connectivity index (χ1n) is 11.9. The highest BCUT2D eigenvalue weighted by Crippen LogP contribution is 2.27. The summed E-state index contributed by atoms with van der Waals surface area (Å²) in [7, 11) is 0. The summed E-state index contributed by atoms with van der Waals surface area (Å²) in [5.74, 6) is -0.103. The number of hydrogen-bond acceptors (Lipinski definition) is 6. The molecule has 1 aliphatic rings. The second-order valence-electron chi connectivity index (χ2n) is 9.90. The van der Waals surface area contributed by atoms with E-state index in [0.29, 0.717) is 19.4 Å². The molecule has 3 N–H and O–H groups in total. The van der Waals surface area contributed by atoms with E-state index >= 15 is 0 Å². The molecule has 35 heavy (non-hydrogen) atoms. The Morgan fingerprint density at radius 1 is 1.29 bits per heavy atom. The molecule has 1 aromatic heterocycles. The summed E-state index contributed by atoms with van der Waals surface area (Å²) in [6.07, 6.45) is 0.842. The highest BCUT2D eigenvalue weighted by atomic mass is 32.1. The zero-order valence-corrected chi connectivity index (χ0v) is 22.3. The summed E-state index contributed by atoms with van der Waals surface area (Å²) in [6, 6.07) is 7.62. The second-order valence-corrected chi connectivity index (χ2v) is 10.8. The van der Waals surface area contributed by atoms with Crippen LogP contribution in [0.4, 0.5) is 0 Å². The predicted molar refractivity (Wildman–Crippen MR) is 139 cm³/mol. The van der Waals surface area contributed by atoms with Crippen molar-refractivity contribution >= 4 is 29.6 Å². The third-order valence-corrected chi connectivity index (χ3v) is 7.16. The van der Waals surface area contributed by atoms with Crippen LogP contribution in [0.25, 0.3) is 10.4 Å². The number of likely N-dealkylation sites (tertiary alicyclic amines) is 1. The molecule has 3 atom stereocenters. The maximum atomic E-state index is 12.2. The number of nitrogens with one attached hydrogen (secondary N) is 2. The average molecular weight is 503 g/mol. The summed E-state index contributed by atoms with van der Waals surface area (Å²) in [6.45, 7) is 12.8. The van der Waals surface area contributed by atoms with Gasteiger partial charge in [0.05, 0.1) is 22.2 Å². The van der Waals surface area contributed by atoms with Crippen LogP contribution < -0.4 is 10.6 Å². The van der Waals surface area contributed by atoms with E-state index in [-0.39, 0.29) is 36.2 Å². The van der Waals surface area contributed by atoms with Gasteiger partial charge in [-0.3, -0.25) is 14.4 Å². The van der Waals surface area contributed by atoms with Crippen LogP contribution in [0.1, 0.15) is 58.7 Å². The van der Waals surface area contributed by atoms with Gasteiger partial charge in [0.15, 0.2) is 0 Å². The summed E-state index contributed by atoms with van der Waals surface area (Å²) >= 11 is 1.60. The van der Waals surface area contributed by atoms with Gasteiger partial charge in [-0.15, -0.1) is 11.3 Å². The van der Waals surface area contributed by atoms with Crippen molar-refractivity contribution < 1.29 is 19.5 Å². The van der Waals surface area contributed by atoms with E-state index in [1.807, 2.05) is 50.5 Å². The minimum absolute atomic E-state index is 0.132. The average Bonchev–Trinajstić information content (AvgIpc) is 3.42. The Balaban J connectivity index is 0.000000334.